The number of nitrogens with one attached hydrogen (secondary N) is 2. The number of likely N-dealkylation sites (N-methyl/N-ethyl adjacent to an activating group) is 1. The van der Waals surface area contributed by atoms with Gasteiger partial charge in [-0.05, 0) is 37.9 Å². The number of anilines is 2. The third-order valence-electron chi connectivity index (χ3n) is 8.21. The molecule has 7 rings (SSSR count). The fourth-order valence-electron chi connectivity index (χ4n) is 6.20. The Kier molecular flexibility index (Phi) is 6.69. The lowest BCUT2D eigenvalue weighted by molar-refractivity contribution is 0.308. The zero-order chi connectivity index (χ0) is 27.2. The molecule has 0 radical (unpaired) electrons. The Morgan fingerprint density at radius 1 is 1.00 bits per heavy atom. The van der Waals surface area contributed by atoms with E-state index in [2.05, 4.69) is 43.3 Å². The van der Waals surface area contributed by atoms with Crippen molar-refractivity contribution >= 4 is 34.0 Å². The molecule has 0 saturated carbocycles. The van der Waals surface area contributed by atoms with Crippen molar-refractivity contribution in [2.24, 2.45) is 0 Å². The second-order valence-electron chi connectivity index (χ2n) is 10.9. The highest BCUT2D eigenvalue weighted by Crippen LogP contribution is 2.39. The highest BCUT2D eigenvalue weighted by molar-refractivity contribution is 6.35. The standard InChI is InChI=1S/C29H32ClFN8O/c1-37-11-7-19-18(16-37)4-2-6-25(19)40-29-34-24-17-39(27-21-15-33-36-23(21)14-22(31)26(27)30)10-3-5-20(24)28(35-29)38-12-8-32-9-13-38/h2,4,6,14-15,32H,3,5,7-13,16-17H2,1H3,(H,33,36). The van der Waals surface area contributed by atoms with E-state index < -0.39 is 5.82 Å². The Hall–Kier alpha value is -3.47. The molecule has 11 heteroatoms. The fraction of sp³-hybridized carbons (Fsp3) is 0.414. The van der Waals surface area contributed by atoms with Crippen molar-refractivity contribution in [1.82, 2.24) is 30.4 Å². The maximum atomic E-state index is 14.8. The SMILES string of the molecule is CN1CCc2c(cccc2Oc2nc3c(c(N4CCNCC4)n2)CCCN(c2c(Cl)c(F)cc4[nH]ncc24)C3)C1. The van der Waals surface area contributed by atoms with Crippen molar-refractivity contribution in [3.05, 3.63) is 63.7 Å². The molecule has 0 unspecified atom stereocenters. The van der Waals surface area contributed by atoms with Gasteiger partial charge < -0.3 is 24.8 Å². The first kappa shape index (κ1) is 25.5. The molecule has 5 heterocycles. The van der Waals surface area contributed by atoms with Gasteiger partial charge in [-0.15, -0.1) is 0 Å². The number of fused-ring (bicyclic) bond motifs is 3. The minimum Gasteiger partial charge on any atom is -0.424 e. The smallest absolute Gasteiger partial charge is 0.324 e. The molecule has 4 aromatic rings. The molecular weight excluding hydrogens is 531 g/mol. The number of hydrogen-bond acceptors (Lipinski definition) is 8. The van der Waals surface area contributed by atoms with Crippen molar-refractivity contribution in [3.63, 3.8) is 0 Å². The van der Waals surface area contributed by atoms with Gasteiger partial charge in [0.1, 0.15) is 22.4 Å². The fourth-order valence-corrected chi connectivity index (χ4v) is 6.47. The van der Waals surface area contributed by atoms with E-state index in [0.717, 1.165) is 86.7 Å². The molecule has 0 atom stereocenters. The number of H-pyrrole nitrogens is 1. The first-order chi connectivity index (χ1) is 19.5. The van der Waals surface area contributed by atoms with Gasteiger partial charge in [-0.2, -0.15) is 15.1 Å². The Morgan fingerprint density at radius 3 is 2.75 bits per heavy atom. The molecule has 2 aromatic heterocycles. The third-order valence-corrected chi connectivity index (χ3v) is 8.57. The topological polar surface area (TPSA) is 85.4 Å². The van der Waals surface area contributed by atoms with Crippen LogP contribution in [0.4, 0.5) is 15.9 Å². The largest absolute Gasteiger partial charge is 0.424 e. The molecule has 208 valence electrons. The van der Waals surface area contributed by atoms with Gasteiger partial charge in [0.2, 0.25) is 0 Å². The molecule has 9 nitrogen and oxygen atoms in total. The van der Waals surface area contributed by atoms with Crippen molar-refractivity contribution in [2.45, 2.75) is 32.4 Å². The second-order valence-corrected chi connectivity index (χ2v) is 11.2. The van der Waals surface area contributed by atoms with Crippen LogP contribution in [0.3, 0.4) is 0 Å². The predicted molar refractivity (Wildman–Crippen MR) is 154 cm³/mol. The first-order valence-corrected chi connectivity index (χ1v) is 14.3. The number of hydrogen-bond donors (Lipinski definition) is 2. The summed E-state index contributed by atoms with van der Waals surface area (Å²) in [5.74, 6) is 1.29. The second kappa shape index (κ2) is 10.5. The van der Waals surface area contributed by atoms with E-state index in [-0.39, 0.29) is 5.02 Å². The van der Waals surface area contributed by atoms with Crippen LogP contribution >= 0.6 is 11.6 Å². The van der Waals surface area contributed by atoms with Gasteiger partial charge in [-0.25, -0.2) is 4.39 Å². The number of halogens is 2. The Labute approximate surface area is 237 Å². The van der Waals surface area contributed by atoms with Gasteiger partial charge in [0.25, 0.3) is 0 Å². The molecule has 0 aliphatic carbocycles. The van der Waals surface area contributed by atoms with E-state index in [0.29, 0.717) is 30.3 Å². The van der Waals surface area contributed by atoms with E-state index in [1.165, 1.54) is 17.2 Å². The average molecular weight is 563 g/mol. The molecule has 0 bridgehead atoms. The Bertz CT molecular complexity index is 1570. The van der Waals surface area contributed by atoms with Gasteiger partial charge >= 0.3 is 6.01 Å². The van der Waals surface area contributed by atoms with Crippen molar-refractivity contribution in [1.29, 1.82) is 0 Å². The monoisotopic (exact) mass is 562 g/mol. The van der Waals surface area contributed by atoms with Crippen molar-refractivity contribution in [2.75, 3.05) is 56.1 Å². The van der Waals surface area contributed by atoms with Gasteiger partial charge in [-0.1, -0.05) is 23.7 Å². The summed E-state index contributed by atoms with van der Waals surface area (Å²) in [6.07, 6.45) is 4.31. The van der Waals surface area contributed by atoms with Crippen LogP contribution in [0.2, 0.25) is 5.02 Å². The zero-order valence-corrected chi connectivity index (χ0v) is 23.3. The molecular formula is C29H32ClFN8O. The number of nitrogens with zero attached hydrogens (tertiary/aromatic N) is 6. The van der Waals surface area contributed by atoms with Crippen molar-refractivity contribution in [3.8, 4) is 11.8 Å². The van der Waals surface area contributed by atoms with Crippen LogP contribution < -0.4 is 19.9 Å². The van der Waals surface area contributed by atoms with Crippen molar-refractivity contribution < 1.29 is 9.13 Å². The molecule has 3 aliphatic rings. The normalized spacial score (nSPS) is 18.0. The Morgan fingerprint density at radius 2 is 1.88 bits per heavy atom. The summed E-state index contributed by atoms with van der Waals surface area (Å²) < 4.78 is 21.3. The predicted octanol–water partition coefficient (Wildman–Crippen LogP) is 4.29. The molecule has 2 N–H and O–H groups in total. The molecule has 40 heavy (non-hydrogen) atoms. The highest BCUT2D eigenvalue weighted by Gasteiger charge is 2.28. The van der Waals surface area contributed by atoms with Gasteiger partial charge in [-0.3, -0.25) is 5.10 Å². The van der Waals surface area contributed by atoms with E-state index in [9.17, 15) is 4.39 Å². The first-order valence-electron chi connectivity index (χ1n) is 13.9. The van der Waals surface area contributed by atoms with Gasteiger partial charge in [0.05, 0.1) is 29.6 Å². The average Bonchev–Trinajstić information content (AvgIpc) is 3.31. The number of ether oxygens (including phenoxy) is 1. The lowest BCUT2D eigenvalue weighted by Gasteiger charge is -2.31. The quantitative estimate of drug-likeness (QED) is 0.381. The lowest BCUT2D eigenvalue weighted by Crippen LogP contribution is -2.44. The summed E-state index contributed by atoms with van der Waals surface area (Å²) in [7, 11) is 2.14. The van der Waals surface area contributed by atoms with Crippen LogP contribution in [-0.2, 0) is 25.9 Å². The number of aromatic amines is 1. The van der Waals surface area contributed by atoms with Gasteiger partial charge in [0.15, 0.2) is 0 Å². The molecule has 0 amide bonds. The minimum absolute atomic E-state index is 0.103. The molecule has 1 fully saturated rings. The number of aromatic nitrogens is 4. The maximum Gasteiger partial charge on any atom is 0.324 e. The summed E-state index contributed by atoms with van der Waals surface area (Å²) in [5.41, 5.74) is 5.78. The number of piperazine rings is 1. The lowest BCUT2D eigenvalue weighted by atomic mass is 9.99. The molecule has 1 saturated heterocycles. The van der Waals surface area contributed by atoms with E-state index >= 15 is 0 Å². The number of benzene rings is 2. The summed E-state index contributed by atoms with van der Waals surface area (Å²) in [5, 5.41) is 11.4. The minimum atomic E-state index is -0.467. The van der Waals surface area contributed by atoms with Crippen LogP contribution in [0, 0.1) is 5.82 Å². The van der Waals surface area contributed by atoms with Crippen LogP contribution in [-0.4, -0.2) is 71.4 Å². The summed E-state index contributed by atoms with van der Waals surface area (Å²) in [4.78, 5) is 16.8. The summed E-state index contributed by atoms with van der Waals surface area (Å²) in [6.45, 7) is 6.59. The summed E-state index contributed by atoms with van der Waals surface area (Å²) >= 11 is 6.58. The van der Waals surface area contributed by atoms with Crippen LogP contribution in [0.5, 0.6) is 11.8 Å². The third kappa shape index (κ3) is 4.63. The van der Waals surface area contributed by atoms with E-state index in [1.807, 2.05) is 12.1 Å². The van der Waals surface area contributed by atoms with Crippen LogP contribution in [0.1, 0.15) is 28.8 Å². The van der Waals surface area contributed by atoms with E-state index in [1.54, 1.807) is 6.20 Å². The molecule has 0 spiro atoms. The van der Waals surface area contributed by atoms with Crippen LogP contribution in [0.25, 0.3) is 10.9 Å². The molecule has 2 aromatic carbocycles. The molecule has 3 aliphatic heterocycles. The number of rotatable bonds is 4. The zero-order valence-electron chi connectivity index (χ0n) is 22.5. The maximum absolute atomic E-state index is 14.8. The van der Waals surface area contributed by atoms with Crippen LogP contribution in [0.15, 0.2) is 30.5 Å². The Balaban J connectivity index is 1.31. The summed E-state index contributed by atoms with van der Waals surface area (Å²) in [6, 6.07) is 7.96. The highest BCUT2D eigenvalue weighted by atomic mass is 35.5. The van der Waals surface area contributed by atoms with Gasteiger partial charge in [0, 0.05) is 68.4 Å². The van der Waals surface area contributed by atoms with E-state index in [4.69, 9.17) is 26.3 Å².